The maximum atomic E-state index is 12.3. The van der Waals surface area contributed by atoms with Gasteiger partial charge in [0.2, 0.25) is 5.91 Å². The summed E-state index contributed by atoms with van der Waals surface area (Å²) in [7, 11) is 1.69. The van der Waals surface area contributed by atoms with E-state index in [0.29, 0.717) is 38.7 Å². The zero-order valence-corrected chi connectivity index (χ0v) is 20.0. The van der Waals surface area contributed by atoms with Crippen LogP contribution in [0.25, 0.3) is 0 Å². The van der Waals surface area contributed by atoms with Crippen molar-refractivity contribution in [2.75, 3.05) is 51.4 Å². The van der Waals surface area contributed by atoms with Gasteiger partial charge in [0.25, 0.3) is 0 Å². The van der Waals surface area contributed by atoms with E-state index < -0.39 is 0 Å². The van der Waals surface area contributed by atoms with Crippen molar-refractivity contribution in [2.24, 2.45) is 0 Å². The monoisotopic (exact) mass is 460 g/mol. The first-order chi connectivity index (χ1) is 16.0. The predicted molar refractivity (Wildman–Crippen MR) is 123 cm³/mol. The van der Waals surface area contributed by atoms with Gasteiger partial charge in [-0.1, -0.05) is 30.7 Å². The number of ether oxygens (including phenoxy) is 3. The molecule has 182 valence electrons. The largest absolute Gasteiger partial charge is 0.496 e. The second-order valence-corrected chi connectivity index (χ2v) is 9.29. The van der Waals surface area contributed by atoms with Gasteiger partial charge in [-0.15, -0.1) is 0 Å². The van der Waals surface area contributed by atoms with E-state index in [1.54, 1.807) is 7.11 Å². The summed E-state index contributed by atoms with van der Waals surface area (Å²) >= 11 is 0. The Hall–Kier alpha value is -2.39. The first-order valence-corrected chi connectivity index (χ1v) is 12.0. The van der Waals surface area contributed by atoms with Crippen molar-refractivity contribution in [2.45, 2.75) is 64.1 Å². The molecule has 0 bridgehead atoms. The molecule has 0 N–H and O–H groups in total. The number of amides is 1. The summed E-state index contributed by atoms with van der Waals surface area (Å²) in [5.41, 5.74) is 1.16. The fourth-order valence-corrected chi connectivity index (χ4v) is 4.22. The van der Waals surface area contributed by atoms with Crippen LogP contribution in [-0.4, -0.2) is 79.7 Å². The van der Waals surface area contributed by atoms with Crippen LogP contribution in [0.2, 0.25) is 0 Å². The van der Waals surface area contributed by atoms with Crippen molar-refractivity contribution in [1.29, 1.82) is 0 Å². The number of nitrogens with zero attached hydrogens (tertiary/aromatic N) is 4. The van der Waals surface area contributed by atoms with Crippen molar-refractivity contribution in [3.05, 3.63) is 29.3 Å². The van der Waals surface area contributed by atoms with Gasteiger partial charge in [0.05, 0.1) is 24.6 Å². The Morgan fingerprint density at radius 2 is 1.94 bits per heavy atom. The van der Waals surface area contributed by atoms with Crippen LogP contribution in [-0.2, 0) is 19.0 Å². The fraction of sp³-hybridized carbons (Fsp3) is 0.708. The van der Waals surface area contributed by atoms with Crippen LogP contribution >= 0.6 is 0 Å². The number of rotatable bonds is 10. The van der Waals surface area contributed by atoms with Crippen LogP contribution in [0.5, 0.6) is 0 Å². The third-order valence-electron chi connectivity index (χ3n) is 6.49. The predicted octanol–water partition coefficient (Wildman–Crippen LogP) is 3.05. The summed E-state index contributed by atoms with van der Waals surface area (Å²) in [5.74, 6) is 2.17. The Kier molecular flexibility index (Phi) is 8.03. The van der Waals surface area contributed by atoms with Gasteiger partial charge in [-0.05, 0) is 25.3 Å². The Balaban J connectivity index is 1.09. The van der Waals surface area contributed by atoms with Gasteiger partial charge in [-0.3, -0.25) is 4.79 Å². The SMILES string of the molecule is COC1CN(C(=O)CC2=CC=C(OCCOC3CCN(c4nc(C(C)C)no4)CC3)CC2)C1. The summed E-state index contributed by atoms with van der Waals surface area (Å²) in [6, 6.07) is 0.614. The highest BCUT2D eigenvalue weighted by atomic mass is 16.5. The minimum absolute atomic E-state index is 0.186. The highest BCUT2D eigenvalue weighted by Crippen LogP contribution is 2.24. The number of likely N-dealkylation sites (tertiary alicyclic amines) is 1. The molecule has 9 heteroatoms. The van der Waals surface area contributed by atoms with Crippen LogP contribution in [0.4, 0.5) is 6.01 Å². The number of hydrogen-bond acceptors (Lipinski definition) is 8. The molecule has 0 atom stereocenters. The van der Waals surface area contributed by atoms with Gasteiger partial charge in [-0.25, -0.2) is 0 Å². The minimum atomic E-state index is 0.186. The Labute approximate surface area is 195 Å². The molecular formula is C24H36N4O5. The minimum Gasteiger partial charge on any atom is -0.496 e. The van der Waals surface area contributed by atoms with E-state index in [-0.39, 0.29) is 24.0 Å². The smallest absolute Gasteiger partial charge is 0.324 e. The van der Waals surface area contributed by atoms with Gasteiger partial charge in [-0.2, -0.15) is 4.98 Å². The average Bonchev–Trinajstić information content (AvgIpc) is 3.28. The third-order valence-corrected chi connectivity index (χ3v) is 6.49. The Morgan fingerprint density at radius 3 is 2.58 bits per heavy atom. The van der Waals surface area contributed by atoms with Crippen molar-refractivity contribution < 1.29 is 23.5 Å². The second kappa shape index (κ2) is 11.2. The number of hydrogen-bond donors (Lipinski definition) is 0. The molecular weight excluding hydrogens is 424 g/mol. The van der Waals surface area contributed by atoms with E-state index in [1.807, 2.05) is 17.1 Å². The van der Waals surface area contributed by atoms with Gasteiger partial charge in [0.15, 0.2) is 5.82 Å². The maximum absolute atomic E-state index is 12.3. The molecule has 0 unspecified atom stereocenters. The first kappa shape index (κ1) is 23.8. The number of aromatic nitrogens is 2. The number of piperidine rings is 1. The van der Waals surface area contributed by atoms with Gasteiger partial charge in [0, 0.05) is 52.0 Å². The number of methoxy groups -OCH3 is 1. The van der Waals surface area contributed by atoms with E-state index in [9.17, 15) is 4.79 Å². The van der Waals surface area contributed by atoms with E-state index >= 15 is 0 Å². The molecule has 0 aromatic carbocycles. The molecule has 9 nitrogen and oxygen atoms in total. The molecule has 0 spiro atoms. The Morgan fingerprint density at radius 1 is 1.15 bits per heavy atom. The molecule has 2 aliphatic heterocycles. The molecule has 3 heterocycles. The lowest BCUT2D eigenvalue weighted by molar-refractivity contribution is -0.142. The summed E-state index contributed by atoms with van der Waals surface area (Å²) < 4.78 is 22.5. The molecule has 1 aromatic rings. The lowest BCUT2D eigenvalue weighted by Crippen LogP contribution is -2.54. The molecule has 1 amide bonds. The van der Waals surface area contributed by atoms with Crippen molar-refractivity contribution >= 4 is 11.9 Å². The summed E-state index contributed by atoms with van der Waals surface area (Å²) in [6.07, 6.45) is 8.52. The highest BCUT2D eigenvalue weighted by Gasteiger charge is 2.30. The van der Waals surface area contributed by atoms with Gasteiger partial charge in [0.1, 0.15) is 6.61 Å². The zero-order chi connectivity index (χ0) is 23.2. The fourth-order valence-electron chi connectivity index (χ4n) is 4.22. The second-order valence-electron chi connectivity index (χ2n) is 9.29. The molecule has 2 fully saturated rings. The molecule has 1 aliphatic carbocycles. The molecule has 0 radical (unpaired) electrons. The molecule has 3 aliphatic rings. The molecule has 1 aromatic heterocycles. The van der Waals surface area contributed by atoms with Crippen LogP contribution in [0.15, 0.2) is 28.0 Å². The lowest BCUT2D eigenvalue weighted by atomic mass is 9.99. The summed E-state index contributed by atoms with van der Waals surface area (Å²) in [5, 5.41) is 4.05. The van der Waals surface area contributed by atoms with Gasteiger partial charge >= 0.3 is 6.01 Å². The summed E-state index contributed by atoms with van der Waals surface area (Å²) in [6.45, 7) is 8.36. The van der Waals surface area contributed by atoms with Crippen LogP contribution < -0.4 is 4.90 Å². The summed E-state index contributed by atoms with van der Waals surface area (Å²) in [4.78, 5) is 20.7. The van der Waals surface area contributed by atoms with E-state index in [2.05, 4.69) is 28.9 Å². The first-order valence-electron chi connectivity index (χ1n) is 12.0. The third kappa shape index (κ3) is 6.35. The molecule has 2 saturated heterocycles. The van der Waals surface area contributed by atoms with E-state index in [0.717, 1.165) is 55.9 Å². The quantitative estimate of drug-likeness (QED) is 0.492. The van der Waals surface area contributed by atoms with Crippen molar-refractivity contribution in [3.8, 4) is 0 Å². The highest BCUT2D eigenvalue weighted by molar-refractivity contribution is 5.79. The standard InChI is InChI=1S/C24H36N4O5/c1-17(2)23-25-24(33-26-23)27-10-8-20(9-11-27)32-13-12-31-19-6-4-18(5-7-19)14-22(29)28-15-21(16-28)30-3/h4,6,17,20-21H,5,7-16H2,1-3H3. The van der Waals surface area contributed by atoms with Crippen molar-refractivity contribution in [3.63, 3.8) is 0 Å². The van der Waals surface area contributed by atoms with Crippen LogP contribution in [0, 0.1) is 0 Å². The zero-order valence-electron chi connectivity index (χ0n) is 20.0. The number of carbonyl (C=O) groups is 1. The normalized spacial score (nSPS) is 20.0. The van der Waals surface area contributed by atoms with Crippen LogP contribution in [0.3, 0.4) is 0 Å². The maximum Gasteiger partial charge on any atom is 0.324 e. The van der Waals surface area contributed by atoms with E-state index in [4.69, 9.17) is 18.7 Å². The Bertz CT molecular complexity index is 851. The topological polar surface area (TPSA) is 90.2 Å². The number of carbonyl (C=O) groups excluding carboxylic acids is 1. The average molecular weight is 461 g/mol. The van der Waals surface area contributed by atoms with Gasteiger partial charge < -0.3 is 28.5 Å². The molecule has 0 saturated carbocycles. The number of allylic oxidation sites excluding steroid dienone is 3. The van der Waals surface area contributed by atoms with Crippen molar-refractivity contribution in [1.82, 2.24) is 15.0 Å². The van der Waals surface area contributed by atoms with Crippen LogP contribution in [0.1, 0.15) is 57.7 Å². The van der Waals surface area contributed by atoms with E-state index in [1.165, 1.54) is 0 Å². The molecule has 33 heavy (non-hydrogen) atoms. The molecule has 4 rings (SSSR count). The lowest BCUT2D eigenvalue weighted by Gasteiger charge is -2.38. The number of anilines is 1.